The van der Waals surface area contributed by atoms with E-state index in [9.17, 15) is 33.8 Å². The van der Waals surface area contributed by atoms with Crippen LogP contribution in [0.2, 0.25) is 0 Å². The van der Waals surface area contributed by atoms with Gasteiger partial charge in [-0.25, -0.2) is 23.6 Å². The molecule has 1 unspecified atom stereocenters. The van der Waals surface area contributed by atoms with Crippen molar-refractivity contribution in [3.8, 4) is 0 Å². The molecule has 36 heavy (non-hydrogen) atoms. The van der Waals surface area contributed by atoms with Gasteiger partial charge in [0.05, 0.1) is 16.7 Å². The first-order valence-corrected chi connectivity index (χ1v) is 10.8. The van der Waals surface area contributed by atoms with E-state index in [-0.39, 0.29) is 22.3 Å². The van der Waals surface area contributed by atoms with Crippen LogP contribution in [0.15, 0.2) is 59.4 Å². The van der Waals surface area contributed by atoms with E-state index < -0.39 is 41.2 Å². The van der Waals surface area contributed by atoms with Crippen LogP contribution in [0.3, 0.4) is 0 Å². The number of aliphatic carboxylic acids is 2. The maximum Gasteiger partial charge on any atom is 0.356 e. The number of allylic oxidation sites excluding steroid dienone is 2. The summed E-state index contributed by atoms with van der Waals surface area (Å²) >= 11 is 0. The molecule has 1 aliphatic carbocycles. The molecule has 2 aromatic rings. The molecule has 9 nitrogen and oxygen atoms in total. The van der Waals surface area contributed by atoms with E-state index in [2.05, 4.69) is 0 Å². The Hall–Kier alpha value is -4.47. The summed E-state index contributed by atoms with van der Waals surface area (Å²) in [6, 6.07) is 9.65. The Kier molecular flexibility index (Phi) is 7.01. The van der Waals surface area contributed by atoms with Gasteiger partial charge in [-0.15, -0.1) is 0 Å². The van der Waals surface area contributed by atoms with Crippen LogP contribution in [0.4, 0.5) is 4.39 Å². The molecule has 4 rings (SSSR count). The summed E-state index contributed by atoms with van der Waals surface area (Å²) < 4.78 is 18.6. The molecular weight excluding hydrogens is 475 g/mol. The SMILES string of the molecule is CCC1=C2O[C@]2(C(=O)O)C(C)C(C(=O)O)=C1c1ccc(F)cc1.Cc1c(C(=O)O)cccc1C(=O)O. The van der Waals surface area contributed by atoms with Crippen molar-refractivity contribution in [1.82, 2.24) is 0 Å². The van der Waals surface area contributed by atoms with E-state index in [0.29, 0.717) is 28.9 Å². The summed E-state index contributed by atoms with van der Waals surface area (Å²) in [6.45, 7) is 4.81. The minimum atomic E-state index is -1.58. The molecule has 188 valence electrons. The van der Waals surface area contributed by atoms with Crippen molar-refractivity contribution < 1.29 is 48.7 Å². The normalized spacial score (nSPS) is 19.9. The maximum atomic E-state index is 13.2. The summed E-state index contributed by atoms with van der Waals surface area (Å²) in [5, 5.41) is 36.5. The van der Waals surface area contributed by atoms with E-state index in [0.717, 1.165) is 0 Å². The first kappa shape index (κ1) is 26.1. The van der Waals surface area contributed by atoms with Crippen LogP contribution in [0.5, 0.6) is 0 Å². The van der Waals surface area contributed by atoms with Gasteiger partial charge < -0.3 is 25.2 Å². The lowest BCUT2D eigenvalue weighted by molar-refractivity contribution is -0.145. The summed E-state index contributed by atoms with van der Waals surface area (Å²) in [5.74, 6) is -5.57. The molecule has 1 fully saturated rings. The number of halogens is 1. The zero-order valence-electron chi connectivity index (χ0n) is 19.5. The predicted molar refractivity (Wildman–Crippen MR) is 124 cm³/mol. The lowest BCUT2D eigenvalue weighted by Gasteiger charge is -2.24. The van der Waals surface area contributed by atoms with Crippen LogP contribution in [0.1, 0.15) is 52.1 Å². The molecule has 0 saturated carbocycles. The van der Waals surface area contributed by atoms with Crippen molar-refractivity contribution >= 4 is 29.5 Å². The first-order valence-electron chi connectivity index (χ1n) is 10.8. The van der Waals surface area contributed by atoms with Gasteiger partial charge in [0.1, 0.15) is 5.82 Å². The van der Waals surface area contributed by atoms with Crippen molar-refractivity contribution in [3.05, 3.63) is 87.4 Å². The number of rotatable bonds is 6. The monoisotopic (exact) mass is 498 g/mol. The lowest BCUT2D eigenvalue weighted by atomic mass is 9.74. The highest BCUT2D eigenvalue weighted by molar-refractivity contribution is 6.06. The number of hydrogen-bond acceptors (Lipinski definition) is 5. The average Bonchev–Trinajstić information content (AvgIpc) is 3.57. The quantitative estimate of drug-likeness (QED) is 0.427. The van der Waals surface area contributed by atoms with Crippen molar-refractivity contribution in [2.45, 2.75) is 32.8 Å². The Balaban J connectivity index is 0.000000236. The van der Waals surface area contributed by atoms with Gasteiger partial charge >= 0.3 is 23.9 Å². The van der Waals surface area contributed by atoms with Gasteiger partial charge in [-0.1, -0.05) is 32.0 Å². The fourth-order valence-electron chi connectivity index (χ4n) is 4.40. The number of hydrogen-bond donors (Lipinski definition) is 4. The van der Waals surface area contributed by atoms with Crippen LogP contribution in [-0.4, -0.2) is 49.9 Å². The molecule has 2 aliphatic rings. The van der Waals surface area contributed by atoms with E-state index in [4.69, 9.17) is 14.9 Å². The number of carboxylic acids is 4. The minimum Gasteiger partial charge on any atom is -0.478 e. The van der Waals surface area contributed by atoms with Crippen molar-refractivity contribution in [2.24, 2.45) is 5.92 Å². The molecule has 2 aromatic carbocycles. The number of aromatic carboxylic acids is 2. The Morgan fingerprint density at radius 3 is 1.86 bits per heavy atom. The summed E-state index contributed by atoms with van der Waals surface area (Å²) in [6.07, 6.45) is 0.417. The van der Waals surface area contributed by atoms with Gasteiger partial charge in [0, 0.05) is 11.5 Å². The van der Waals surface area contributed by atoms with E-state index in [1.165, 1.54) is 56.3 Å². The molecular formula is C26H23FO9. The van der Waals surface area contributed by atoms with Crippen LogP contribution in [0, 0.1) is 18.7 Å². The van der Waals surface area contributed by atoms with Gasteiger partial charge in [-0.3, -0.25) is 0 Å². The van der Waals surface area contributed by atoms with E-state index in [1.807, 2.05) is 0 Å². The van der Waals surface area contributed by atoms with Gasteiger partial charge in [-0.2, -0.15) is 0 Å². The number of fused-ring (bicyclic) bond motifs is 1. The lowest BCUT2D eigenvalue weighted by Crippen LogP contribution is -2.37. The average molecular weight is 498 g/mol. The van der Waals surface area contributed by atoms with E-state index >= 15 is 0 Å². The summed E-state index contributed by atoms with van der Waals surface area (Å²) in [7, 11) is 0. The minimum absolute atomic E-state index is 0.0166. The molecule has 0 spiro atoms. The second kappa shape index (κ2) is 9.65. The molecule has 0 bridgehead atoms. The molecule has 2 atom stereocenters. The van der Waals surface area contributed by atoms with Crippen LogP contribution in [-0.2, 0) is 14.3 Å². The standard InChI is InChI=1S/C17H15FO5.C9H8O4/c1-3-11-13(9-4-6-10(18)7-5-9)12(15(19)20)8(2)17(16(21)22)14(11)23-17;1-5-6(8(10)11)3-2-4-7(5)9(12)13/h4-8H,3H2,1-2H3,(H,19,20)(H,21,22);2-4H,1H3,(H,10,11)(H,12,13)/t8?,17-;/m1./s1. The Morgan fingerprint density at radius 2 is 1.44 bits per heavy atom. The number of ether oxygens (including phenoxy) is 1. The molecule has 0 aromatic heterocycles. The van der Waals surface area contributed by atoms with Crippen LogP contribution < -0.4 is 0 Å². The largest absolute Gasteiger partial charge is 0.478 e. The maximum absolute atomic E-state index is 13.2. The highest BCUT2D eigenvalue weighted by atomic mass is 19.1. The third-order valence-electron chi connectivity index (χ3n) is 6.28. The third-order valence-corrected chi connectivity index (χ3v) is 6.28. The Labute approximate surface area is 204 Å². The molecule has 1 heterocycles. The van der Waals surface area contributed by atoms with Gasteiger partial charge in [0.15, 0.2) is 5.76 Å². The second-order valence-corrected chi connectivity index (χ2v) is 8.21. The topological polar surface area (TPSA) is 162 Å². The second-order valence-electron chi connectivity index (χ2n) is 8.21. The zero-order chi connectivity index (χ0) is 26.9. The number of benzene rings is 2. The smallest absolute Gasteiger partial charge is 0.356 e. The van der Waals surface area contributed by atoms with Crippen LogP contribution >= 0.6 is 0 Å². The Bertz CT molecular complexity index is 1310. The fourth-order valence-corrected chi connectivity index (χ4v) is 4.40. The summed E-state index contributed by atoms with van der Waals surface area (Å²) in [4.78, 5) is 44.6. The predicted octanol–water partition coefficient (Wildman–Crippen LogP) is 4.22. The molecule has 4 N–H and O–H groups in total. The van der Waals surface area contributed by atoms with Gasteiger partial charge in [-0.05, 0) is 54.3 Å². The molecule has 0 radical (unpaired) electrons. The highest BCUT2D eigenvalue weighted by Crippen LogP contribution is 2.58. The highest BCUT2D eigenvalue weighted by Gasteiger charge is 2.69. The molecule has 1 aliphatic heterocycles. The van der Waals surface area contributed by atoms with Gasteiger partial charge in [0.2, 0.25) is 0 Å². The van der Waals surface area contributed by atoms with Crippen molar-refractivity contribution in [3.63, 3.8) is 0 Å². The van der Waals surface area contributed by atoms with Crippen molar-refractivity contribution in [1.29, 1.82) is 0 Å². The molecule has 0 amide bonds. The zero-order valence-corrected chi connectivity index (χ0v) is 19.5. The van der Waals surface area contributed by atoms with Crippen LogP contribution in [0.25, 0.3) is 5.57 Å². The Morgan fingerprint density at radius 1 is 0.917 bits per heavy atom. The van der Waals surface area contributed by atoms with E-state index in [1.54, 1.807) is 6.92 Å². The fraction of sp³-hybridized carbons (Fsp3) is 0.231. The third kappa shape index (κ3) is 4.33. The van der Waals surface area contributed by atoms with Crippen molar-refractivity contribution in [2.75, 3.05) is 0 Å². The first-order chi connectivity index (χ1) is 16.9. The summed E-state index contributed by atoms with van der Waals surface area (Å²) in [5.41, 5.74) is 0.253. The number of carbonyl (C=O) groups is 4. The molecule has 10 heteroatoms. The number of epoxide rings is 1. The molecule has 1 saturated heterocycles. The van der Waals surface area contributed by atoms with Gasteiger partial charge in [0.25, 0.3) is 5.60 Å². The number of carboxylic acid groups (broad SMARTS) is 4.